The minimum atomic E-state index is 0.207. The van der Waals surface area contributed by atoms with Crippen LogP contribution in [0.1, 0.15) is 44.0 Å². The number of hydrogen-bond acceptors (Lipinski definition) is 5. The predicted molar refractivity (Wildman–Crippen MR) is 90.1 cm³/mol. The number of ether oxygens (including phenoxy) is 1. The van der Waals surface area contributed by atoms with E-state index < -0.39 is 0 Å². The number of aryl methyl sites for hydroxylation is 2. The molecule has 21 heavy (non-hydrogen) atoms. The van der Waals surface area contributed by atoms with Gasteiger partial charge in [-0.2, -0.15) is 0 Å². The number of rotatable bonds is 6. The van der Waals surface area contributed by atoms with Crippen LogP contribution in [0, 0.1) is 19.8 Å². The van der Waals surface area contributed by atoms with Crippen LogP contribution in [0.5, 0.6) is 0 Å². The Morgan fingerprint density at radius 2 is 1.90 bits per heavy atom. The third-order valence-corrected chi connectivity index (χ3v) is 4.93. The largest absolute Gasteiger partial charge is 0.370 e. The van der Waals surface area contributed by atoms with E-state index in [0.29, 0.717) is 12.5 Å². The molecule has 0 fully saturated rings. The second-order valence-corrected chi connectivity index (χ2v) is 6.95. The standard InChI is InChI=1S/C16H25N3OS/c1-7-17-15-14-10(4)12(6)21-16(14)19-13(18-15)8-20-11(5)9(2)3/h9,11H,7-8H2,1-6H3,(H,17,18,19). The highest BCUT2D eigenvalue weighted by atomic mass is 32.1. The van der Waals surface area contributed by atoms with Crippen LogP contribution in [0.2, 0.25) is 0 Å². The molecule has 0 bridgehead atoms. The summed E-state index contributed by atoms with van der Waals surface area (Å²) in [7, 11) is 0. The molecule has 116 valence electrons. The minimum Gasteiger partial charge on any atom is -0.370 e. The average Bonchev–Trinajstić information content (AvgIpc) is 2.71. The first-order valence-corrected chi connectivity index (χ1v) is 8.37. The molecule has 2 rings (SSSR count). The topological polar surface area (TPSA) is 47.0 Å². The van der Waals surface area contributed by atoms with Crippen molar-refractivity contribution in [2.75, 3.05) is 11.9 Å². The fourth-order valence-electron chi connectivity index (χ4n) is 2.05. The van der Waals surface area contributed by atoms with Gasteiger partial charge in [0.2, 0.25) is 0 Å². The highest BCUT2D eigenvalue weighted by Crippen LogP contribution is 2.33. The van der Waals surface area contributed by atoms with Crippen LogP contribution in [0.25, 0.3) is 10.2 Å². The van der Waals surface area contributed by atoms with Crippen LogP contribution in [0.4, 0.5) is 5.82 Å². The van der Waals surface area contributed by atoms with E-state index in [0.717, 1.165) is 28.4 Å². The molecule has 0 spiro atoms. The lowest BCUT2D eigenvalue weighted by molar-refractivity contribution is 0.0202. The van der Waals surface area contributed by atoms with E-state index in [2.05, 4.69) is 56.8 Å². The van der Waals surface area contributed by atoms with E-state index in [9.17, 15) is 0 Å². The molecule has 0 saturated heterocycles. The third-order valence-electron chi connectivity index (χ3n) is 3.83. The van der Waals surface area contributed by atoms with Gasteiger partial charge in [-0.1, -0.05) is 13.8 Å². The molecule has 1 unspecified atom stereocenters. The third kappa shape index (κ3) is 3.52. The van der Waals surface area contributed by atoms with E-state index >= 15 is 0 Å². The summed E-state index contributed by atoms with van der Waals surface area (Å²) in [6.45, 7) is 14.1. The number of nitrogens with one attached hydrogen (secondary N) is 1. The van der Waals surface area contributed by atoms with Gasteiger partial charge in [-0.3, -0.25) is 0 Å². The number of thiophene rings is 1. The number of hydrogen-bond donors (Lipinski definition) is 1. The van der Waals surface area contributed by atoms with Gasteiger partial charge in [-0.25, -0.2) is 9.97 Å². The van der Waals surface area contributed by atoms with E-state index in [1.54, 1.807) is 11.3 Å². The molecule has 0 radical (unpaired) electrons. The highest BCUT2D eigenvalue weighted by molar-refractivity contribution is 7.18. The van der Waals surface area contributed by atoms with Gasteiger partial charge >= 0.3 is 0 Å². The molecular weight excluding hydrogens is 282 g/mol. The van der Waals surface area contributed by atoms with Crippen LogP contribution < -0.4 is 5.32 Å². The highest BCUT2D eigenvalue weighted by Gasteiger charge is 2.15. The molecule has 2 aromatic rings. The Hall–Kier alpha value is -1.20. The van der Waals surface area contributed by atoms with E-state index in [4.69, 9.17) is 4.74 Å². The molecule has 0 saturated carbocycles. The van der Waals surface area contributed by atoms with Crippen molar-refractivity contribution < 1.29 is 4.74 Å². The molecule has 2 aromatic heterocycles. The maximum atomic E-state index is 5.86. The number of aromatic nitrogens is 2. The van der Waals surface area contributed by atoms with Crippen LogP contribution in [-0.4, -0.2) is 22.6 Å². The Bertz CT molecular complexity index is 621. The summed E-state index contributed by atoms with van der Waals surface area (Å²) < 4.78 is 5.86. The van der Waals surface area contributed by atoms with E-state index in [-0.39, 0.29) is 6.10 Å². The Balaban J connectivity index is 2.33. The van der Waals surface area contributed by atoms with Crippen molar-refractivity contribution in [2.45, 2.75) is 54.3 Å². The Morgan fingerprint density at radius 3 is 2.52 bits per heavy atom. The van der Waals surface area contributed by atoms with Crippen molar-refractivity contribution in [1.82, 2.24) is 9.97 Å². The summed E-state index contributed by atoms with van der Waals surface area (Å²) in [4.78, 5) is 11.7. The maximum Gasteiger partial charge on any atom is 0.158 e. The van der Waals surface area contributed by atoms with Gasteiger partial charge < -0.3 is 10.1 Å². The van der Waals surface area contributed by atoms with Crippen LogP contribution in [-0.2, 0) is 11.3 Å². The number of nitrogens with zero attached hydrogens (tertiary/aromatic N) is 2. The first-order valence-electron chi connectivity index (χ1n) is 7.56. The van der Waals surface area contributed by atoms with E-state index in [1.165, 1.54) is 10.4 Å². The number of fused-ring (bicyclic) bond motifs is 1. The van der Waals surface area contributed by atoms with Crippen molar-refractivity contribution >= 4 is 27.4 Å². The van der Waals surface area contributed by atoms with Gasteiger partial charge in [0.25, 0.3) is 0 Å². The van der Waals surface area contributed by atoms with Crippen LogP contribution >= 0.6 is 11.3 Å². The molecule has 0 aromatic carbocycles. The lowest BCUT2D eigenvalue weighted by atomic mass is 10.1. The zero-order valence-electron chi connectivity index (χ0n) is 13.8. The summed E-state index contributed by atoms with van der Waals surface area (Å²) in [5, 5.41) is 4.51. The Kier molecular flexibility index (Phi) is 5.17. The maximum absolute atomic E-state index is 5.86. The first kappa shape index (κ1) is 16.2. The van der Waals surface area contributed by atoms with Gasteiger partial charge in [-0.05, 0) is 39.2 Å². The summed E-state index contributed by atoms with van der Waals surface area (Å²) >= 11 is 1.73. The summed E-state index contributed by atoms with van der Waals surface area (Å²) in [5.74, 6) is 2.18. The van der Waals surface area contributed by atoms with Crippen LogP contribution in [0.15, 0.2) is 0 Å². The van der Waals surface area contributed by atoms with Gasteiger partial charge in [0.1, 0.15) is 17.3 Å². The van der Waals surface area contributed by atoms with Crippen molar-refractivity contribution in [3.05, 3.63) is 16.3 Å². The minimum absolute atomic E-state index is 0.207. The molecule has 4 nitrogen and oxygen atoms in total. The second-order valence-electron chi connectivity index (χ2n) is 5.74. The molecule has 1 atom stereocenters. The van der Waals surface area contributed by atoms with Gasteiger partial charge in [0, 0.05) is 11.4 Å². The predicted octanol–water partition coefficient (Wildman–Crippen LogP) is 4.30. The molecule has 5 heteroatoms. The zero-order valence-corrected chi connectivity index (χ0v) is 14.6. The first-order chi connectivity index (χ1) is 9.93. The fraction of sp³-hybridized carbons (Fsp3) is 0.625. The Morgan fingerprint density at radius 1 is 1.19 bits per heavy atom. The molecule has 2 heterocycles. The van der Waals surface area contributed by atoms with Crippen molar-refractivity contribution in [3.8, 4) is 0 Å². The molecule has 1 N–H and O–H groups in total. The van der Waals surface area contributed by atoms with Crippen molar-refractivity contribution in [1.29, 1.82) is 0 Å². The quantitative estimate of drug-likeness (QED) is 0.864. The monoisotopic (exact) mass is 307 g/mol. The van der Waals surface area contributed by atoms with Crippen molar-refractivity contribution in [3.63, 3.8) is 0 Å². The molecular formula is C16H25N3OS. The average molecular weight is 307 g/mol. The molecule has 0 aliphatic rings. The van der Waals surface area contributed by atoms with Gasteiger partial charge in [0.05, 0.1) is 11.5 Å². The summed E-state index contributed by atoms with van der Waals surface area (Å²) in [6, 6.07) is 0. The molecule has 0 aliphatic heterocycles. The van der Waals surface area contributed by atoms with Crippen molar-refractivity contribution in [2.24, 2.45) is 5.92 Å². The normalized spacial score (nSPS) is 13.1. The Labute approximate surface area is 131 Å². The lowest BCUT2D eigenvalue weighted by Crippen LogP contribution is -2.16. The number of anilines is 1. The summed E-state index contributed by atoms with van der Waals surface area (Å²) in [6.07, 6.45) is 0.207. The fourth-order valence-corrected chi connectivity index (χ4v) is 3.10. The second kappa shape index (κ2) is 6.71. The van der Waals surface area contributed by atoms with E-state index in [1.807, 2.05) is 0 Å². The SMILES string of the molecule is CCNc1nc(COC(C)C(C)C)nc2sc(C)c(C)c12. The lowest BCUT2D eigenvalue weighted by Gasteiger charge is -2.16. The van der Waals surface area contributed by atoms with Crippen LogP contribution in [0.3, 0.4) is 0 Å². The van der Waals surface area contributed by atoms with Gasteiger partial charge in [-0.15, -0.1) is 11.3 Å². The molecule has 0 amide bonds. The summed E-state index contributed by atoms with van der Waals surface area (Å²) in [5.41, 5.74) is 1.27. The smallest absolute Gasteiger partial charge is 0.158 e. The molecule has 0 aliphatic carbocycles. The zero-order chi connectivity index (χ0) is 15.6. The van der Waals surface area contributed by atoms with Gasteiger partial charge in [0.15, 0.2) is 5.82 Å².